The molecular weight excluding hydrogens is 359 g/mol. The molecule has 0 aromatic carbocycles. The van der Waals surface area contributed by atoms with Crippen LogP contribution in [0.5, 0.6) is 0 Å². The summed E-state index contributed by atoms with van der Waals surface area (Å²) in [7, 11) is 0. The molecule has 0 saturated carbocycles. The molecule has 0 unspecified atom stereocenters. The van der Waals surface area contributed by atoms with Gasteiger partial charge in [-0.1, -0.05) is 32.6 Å². The van der Waals surface area contributed by atoms with Crippen LogP contribution in [0.2, 0.25) is 0 Å². The van der Waals surface area contributed by atoms with Gasteiger partial charge in [0.25, 0.3) is 0 Å². The zero-order chi connectivity index (χ0) is 9.23. The predicted molar refractivity (Wildman–Crippen MR) is 58.6 cm³/mol. The molecular formula is C10H22O2Pb. The molecule has 78 valence electrons. The number of ether oxygens (including phenoxy) is 1. The van der Waals surface area contributed by atoms with E-state index in [1.165, 1.54) is 19.3 Å². The minimum absolute atomic E-state index is 0. The summed E-state index contributed by atoms with van der Waals surface area (Å²) in [4.78, 5) is 10.9. The van der Waals surface area contributed by atoms with Gasteiger partial charge in [-0.3, -0.25) is 4.79 Å². The van der Waals surface area contributed by atoms with Crippen LogP contribution < -0.4 is 0 Å². The van der Waals surface area contributed by atoms with Crippen molar-refractivity contribution in [2.45, 2.75) is 52.4 Å². The van der Waals surface area contributed by atoms with Crippen molar-refractivity contribution < 1.29 is 9.53 Å². The maximum absolute atomic E-state index is 10.9. The number of carbonyl (C=O) groups is 1. The van der Waals surface area contributed by atoms with Gasteiger partial charge in [0.05, 0.1) is 6.61 Å². The Bertz CT molecular complexity index is 115. The summed E-state index contributed by atoms with van der Waals surface area (Å²) in [5.41, 5.74) is 0. The van der Waals surface area contributed by atoms with Crippen molar-refractivity contribution in [3.05, 3.63) is 0 Å². The monoisotopic (exact) mass is 382 g/mol. The van der Waals surface area contributed by atoms with Crippen molar-refractivity contribution in [2.75, 3.05) is 6.61 Å². The summed E-state index contributed by atoms with van der Waals surface area (Å²) in [5, 5.41) is 0. The van der Waals surface area contributed by atoms with Gasteiger partial charge in [0, 0.05) is 6.42 Å². The number of unbranched alkanes of at least 4 members (excludes halogenated alkanes) is 4. The molecule has 0 spiro atoms. The van der Waals surface area contributed by atoms with Gasteiger partial charge in [-0.15, -0.1) is 0 Å². The van der Waals surface area contributed by atoms with Crippen LogP contribution in [0.4, 0.5) is 0 Å². The van der Waals surface area contributed by atoms with Crippen LogP contribution in [-0.2, 0) is 9.53 Å². The first-order valence-electron chi connectivity index (χ1n) is 4.96. The average Bonchev–Trinajstić information content (AvgIpc) is 2.05. The van der Waals surface area contributed by atoms with Gasteiger partial charge in [0.2, 0.25) is 0 Å². The zero-order valence-electron chi connectivity index (χ0n) is 8.97. The van der Waals surface area contributed by atoms with E-state index in [1.54, 1.807) is 0 Å². The van der Waals surface area contributed by atoms with E-state index in [0.717, 1.165) is 12.8 Å². The first kappa shape index (κ1) is 15.8. The van der Waals surface area contributed by atoms with Crippen LogP contribution in [0.25, 0.3) is 0 Å². The van der Waals surface area contributed by atoms with Gasteiger partial charge in [-0.05, 0) is 13.3 Å². The quantitative estimate of drug-likeness (QED) is 0.383. The molecule has 0 heterocycles. The molecule has 0 atom stereocenters. The van der Waals surface area contributed by atoms with Crippen LogP contribution in [0, 0.1) is 0 Å². The van der Waals surface area contributed by atoms with Crippen LogP contribution >= 0.6 is 0 Å². The molecule has 0 rings (SSSR count). The average molecular weight is 381 g/mol. The molecule has 3 heteroatoms. The summed E-state index contributed by atoms with van der Waals surface area (Å²) < 4.78 is 4.81. The van der Waals surface area contributed by atoms with E-state index in [-0.39, 0.29) is 33.3 Å². The normalized spacial score (nSPS) is 9.08. The van der Waals surface area contributed by atoms with Gasteiger partial charge >= 0.3 is 33.3 Å². The second-order valence-corrected chi connectivity index (χ2v) is 2.97. The fourth-order valence-electron chi connectivity index (χ4n) is 1.11. The van der Waals surface area contributed by atoms with Gasteiger partial charge in [0.15, 0.2) is 0 Å². The summed E-state index contributed by atoms with van der Waals surface area (Å²) in [6.07, 6.45) is 6.52. The third-order valence-corrected chi connectivity index (χ3v) is 1.79. The Labute approximate surface area is 102 Å². The van der Waals surface area contributed by atoms with E-state index in [4.69, 9.17) is 4.74 Å². The number of esters is 1. The molecule has 0 aliphatic rings. The van der Waals surface area contributed by atoms with Crippen molar-refractivity contribution in [1.82, 2.24) is 0 Å². The standard InChI is InChI=1S/C10H20O2.Pb.2H/c1-3-5-6-7-8-9-10(11)12-4-2;;;/h3-9H2,1-2H3;;;. The van der Waals surface area contributed by atoms with Crippen molar-refractivity contribution in [3.8, 4) is 0 Å². The number of carbonyl (C=O) groups excluding carboxylic acids is 1. The fourth-order valence-corrected chi connectivity index (χ4v) is 1.11. The van der Waals surface area contributed by atoms with Gasteiger partial charge < -0.3 is 4.74 Å². The third-order valence-electron chi connectivity index (χ3n) is 1.79. The molecule has 0 amide bonds. The Hall–Kier alpha value is 0.392. The Kier molecular flexibility index (Phi) is 15.1. The summed E-state index contributed by atoms with van der Waals surface area (Å²) >= 11 is 0. The topological polar surface area (TPSA) is 26.3 Å². The number of rotatable bonds is 7. The molecule has 0 bridgehead atoms. The Morgan fingerprint density at radius 3 is 2.23 bits per heavy atom. The Morgan fingerprint density at radius 2 is 1.69 bits per heavy atom. The molecule has 0 aromatic heterocycles. The first-order chi connectivity index (χ1) is 5.81. The predicted octanol–water partition coefficient (Wildman–Crippen LogP) is 1.99. The van der Waals surface area contributed by atoms with E-state index in [9.17, 15) is 4.79 Å². The molecule has 0 aromatic rings. The summed E-state index contributed by atoms with van der Waals surface area (Å²) in [6, 6.07) is 0. The van der Waals surface area contributed by atoms with Crippen LogP contribution in [-0.4, -0.2) is 39.9 Å². The molecule has 0 saturated heterocycles. The molecule has 13 heavy (non-hydrogen) atoms. The summed E-state index contributed by atoms with van der Waals surface area (Å²) in [5.74, 6) is -0.0472. The SMILES string of the molecule is CCCCCCCC(=O)OCC.[PbH2]. The maximum atomic E-state index is 10.9. The van der Waals surface area contributed by atoms with Gasteiger partial charge in [0.1, 0.15) is 0 Å². The molecule has 0 aliphatic carbocycles. The van der Waals surface area contributed by atoms with E-state index >= 15 is 0 Å². The van der Waals surface area contributed by atoms with Crippen LogP contribution in [0.15, 0.2) is 0 Å². The molecule has 2 nitrogen and oxygen atoms in total. The fraction of sp³-hybridized carbons (Fsp3) is 0.900. The Morgan fingerprint density at radius 1 is 1.08 bits per heavy atom. The van der Waals surface area contributed by atoms with Crippen molar-refractivity contribution in [1.29, 1.82) is 0 Å². The van der Waals surface area contributed by atoms with Crippen molar-refractivity contribution >= 4 is 33.3 Å². The van der Waals surface area contributed by atoms with Crippen LogP contribution in [0.3, 0.4) is 0 Å². The van der Waals surface area contributed by atoms with E-state index < -0.39 is 0 Å². The van der Waals surface area contributed by atoms with Gasteiger partial charge in [-0.2, -0.15) is 0 Å². The third kappa shape index (κ3) is 12.4. The van der Waals surface area contributed by atoms with Crippen molar-refractivity contribution in [2.24, 2.45) is 0 Å². The first-order valence-corrected chi connectivity index (χ1v) is 4.96. The number of hydrogen-bond donors (Lipinski definition) is 0. The minimum atomic E-state index is -0.0472. The van der Waals surface area contributed by atoms with E-state index in [1.807, 2.05) is 6.92 Å². The van der Waals surface area contributed by atoms with E-state index in [0.29, 0.717) is 13.0 Å². The van der Waals surface area contributed by atoms with Crippen molar-refractivity contribution in [3.63, 3.8) is 0 Å². The second kappa shape index (κ2) is 12.4. The number of hydrogen-bond acceptors (Lipinski definition) is 2. The molecule has 0 aliphatic heterocycles. The molecule has 0 fully saturated rings. The summed E-state index contributed by atoms with van der Waals surface area (Å²) in [6.45, 7) is 4.54. The Balaban J connectivity index is 0. The molecule has 2 radical (unpaired) electrons. The molecule has 0 N–H and O–H groups in total. The van der Waals surface area contributed by atoms with E-state index in [2.05, 4.69) is 6.92 Å². The second-order valence-electron chi connectivity index (χ2n) is 2.97. The van der Waals surface area contributed by atoms with Crippen LogP contribution in [0.1, 0.15) is 52.4 Å². The van der Waals surface area contributed by atoms with Gasteiger partial charge in [-0.25, -0.2) is 0 Å². The zero-order valence-corrected chi connectivity index (χ0v) is 14.5.